The molecule has 3 rings (SSSR count). The number of nitrogen functional groups attached to an aromatic ring is 1. The van der Waals surface area contributed by atoms with Gasteiger partial charge in [0.1, 0.15) is 17.6 Å². The Kier molecular flexibility index (Phi) is 2.44. The Labute approximate surface area is 98.8 Å². The van der Waals surface area contributed by atoms with E-state index in [4.69, 9.17) is 10.5 Å². The molecule has 1 aliphatic heterocycles. The van der Waals surface area contributed by atoms with Crippen molar-refractivity contribution in [2.75, 3.05) is 12.3 Å². The zero-order valence-electron chi connectivity index (χ0n) is 9.76. The zero-order chi connectivity index (χ0) is 11.8. The van der Waals surface area contributed by atoms with Crippen LogP contribution in [0.25, 0.3) is 11.2 Å². The number of rotatable bonds is 1. The fourth-order valence-corrected chi connectivity index (χ4v) is 2.21. The molecule has 1 aliphatic rings. The van der Waals surface area contributed by atoms with Crippen LogP contribution in [0.2, 0.25) is 0 Å². The van der Waals surface area contributed by atoms with E-state index in [1.165, 1.54) is 6.42 Å². The van der Waals surface area contributed by atoms with Gasteiger partial charge in [-0.15, -0.1) is 0 Å². The van der Waals surface area contributed by atoms with Crippen LogP contribution in [0.5, 0.6) is 0 Å². The molecule has 0 radical (unpaired) electrons. The summed E-state index contributed by atoms with van der Waals surface area (Å²) in [6.07, 6.45) is 5.06. The van der Waals surface area contributed by atoms with E-state index in [1.54, 1.807) is 6.33 Å². The van der Waals surface area contributed by atoms with Crippen molar-refractivity contribution in [1.82, 2.24) is 19.5 Å². The van der Waals surface area contributed by atoms with Crippen LogP contribution in [0.3, 0.4) is 0 Å². The number of aryl methyl sites for hydroxylation is 1. The third-order valence-corrected chi connectivity index (χ3v) is 3.03. The molecule has 17 heavy (non-hydrogen) atoms. The summed E-state index contributed by atoms with van der Waals surface area (Å²) in [5, 5.41) is 0. The van der Waals surface area contributed by atoms with Crippen LogP contribution in [-0.4, -0.2) is 26.1 Å². The Morgan fingerprint density at radius 3 is 3.06 bits per heavy atom. The number of aromatic nitrogens is 4. The molecule has 2 aromatic rings. The molecule has 0 saturated carbocycles. The highest BCUT2D eigenvalue weighted by atomic mass is 16.5. The van der Waals surface area contributed by atoms with Crippen molar-refractivity contribution in [3.63, 3.8) is 0 Å². The van der Waals surface area contributed by atoms with Crippen molar-refractivity contribution < 1.29 is 4.74 Å². The van der Waals surface area contributed by atoms with E-state index in [9.17, 15) is 0 Å². The molecule has 1 atom stereocenters. The maximum absolute atomic E-state index is 5.83. The number of hydrogen-bond donors (Lipinski definition) is 1. The summed E-state index contributed by atoms with van der Waals surface area (Å²) in [7, 11) is 0. The standard InChI is InChI=1S/C11H15N5O/c1-7-14-10(12)9-11(15-7)16(6-13-9)8-4-2-3-5-17-8/h6,8H,2-5H2,1H3,(H2,12,14,15). The van der Waals surface area contributed by atoms with Gasteiger partial charge in [-0.2, -0.15) is 0 Å². The van der Waals surface area contributed by atoms with E-state index in [-0.39, 0.29) is 6.23 Å². The van der Waals surface area contributed by atoms with E-state index in [0.717, 1.165) is 25.1 Å². The van der Waals surface area contributed by atoms with E-state index in [1.807, 2.05) is 11.5 Å². The van der Waals surface area contributed by atoms with Gasteiger partial charge in [0.05, 0.1) is 6.33 Å². The van der Waals surface area contributed by atoms with Crippen LogP contribution < -0.4 is 5.73 Å². The number of fused-ring (bicyclic) bond motifs is 1. The molecule has 0 spiro atoms. The van der Waals surface area contributed by atoms with Crippen molar-refractivity contribution >= 4 is 17.0 Å². The Morgan fingerprint density at radius 2 is 2.29 bits per heavy atom. The molecule has 3 heterocycles. The minimum atomic E-state index is 0.0300. The fraction of sp³-hybridized carbons (Fsp3) is 0.545. The first kappa shape index (κ1) is 10.5. The summed E-state index contributed by atoms with van der Waals surface area (Å²) < 4.78 is 7.69. The highest BCUT2D eigenvalue weighted by molar-refractivity contribution is 5.81. The number of anilines is 1. The molecule has 1 fully saturated rings. The van der Waals surface area contributed by atoms with E-state index < -0.39 is 0 Å². The first-order chi connectivity index (χ1) is 8.25. The Hall–Kier alpha value is -1.69. The minimum absolute atomic E-state index is 0.0300. The van der Waals surface area contributed by atoms with Gasteiger partial charge in [-0.05, 0) is 26.2 Å². The Bertz CT molecular complexity index is 544. The van der Waals surface area contributed by atoms with Gasteiger partial charge in [-0.1, -0.05) is 0 Å². The first-order valence-electron chi connectivity index (χ1n) is 5.84. The van der Waals surface area contributed by atoms with Crippen LogP contribution in [0, 0.1) is 6.92 Å². The molecule has 6 nitrogen and oxygen atoms in total. The third kappa shape index (κ3) is 1.74. The van der Waals surface area contributed by atoms with Crippen molar-refractivity contribution in [2.45, 2.75) is 32.4 Å². The molecule has 1 unspecified atom stereocenters. The second-order valence-electron chi connectivity index (χ2n) is 4.30. The van der Waals surface area contributed by atoms with E-state index in [0.29, 0.717) is 17.2 Å². The lowest BCUT2D eigenvalue weighted by Gasteiger charge is -2.23. The Balaban J connectivity index is 2.10. The average molecular weight is 233 g/mol. The van der Waals surface area contributed by atoms with Crippen molar-refractivity contribution in [1.29, 1.82) is 0 Å². The maximum Gasteiger partial charge on any atom is 0.167 e. The summed E-state index contributed by atoms with van der Waals surface area (Å²) >= 11 is 0. The predicted molar refractivity (Wildman–Crippen MR) is 63.3 cm³/mol. The maximum atomic E-state index is 5.83. The highest BCUT2D eigenvalue weighted by Crippen LogP contribution is 2.26. The van der Waals surface area contributed by atoms with Crippen LogP contribution in [0.15, 0.2) is 6.33 Å². The summed E-state index contributed by atoms with van der Waals surface area (Å²) in [5.74, 6) is 1.09. The summed E-state index contributed by atoms with van der Waals surface area (Å²) in [5.41, 5.74) is 7.26. The summed E-state index contributed by atoms with van der Waals surface area (Å²) in [6, 6.07) is 0. The molecular formula is C11H15N5O. The zero-order valence-corrected chi connectivity index (χ0v) is 9.76. The molecule has 0 bridgehead atoms. The summed E-state index contributed by atoms with van der Waals surface area (Å²) in [4.78, 5) is 12.8. The van der Waals surface area contributed by atoms with Gasteiger partial charge in [0.25, 0.3) is 0 Å². The van der Waals surface area contributed by atoms with Gasteiger partial charge < -0.3 is 10.5 Å². The number of nitrogens with two attached hydrogens (primary N) is 1. The average Bonchev–Trinajstić information content (AvgIpc) is 2.74. The molecule has 2 N–H and O–H groups in total. The van der Waals surface area contributed by atoms with Gasteiger partial charge in [-0.25, -0.2) is 15.0 Å². The molecule has 2 aromatic heterocycles. The van der Waals surface area contributed by atoms with Gasteiger partial charge in [0, 0.05) is 6.61 Å². The number of hydrogen-bond acceptors (Lipinski definition) is 5. The molecule has 1 saturated heterocycles. The molecule has 0 amide bonds. The fourth-order valence-electron chi connectivity index (χ4n) is 2.21. The molecule has 0 aromatic carbocycles. The monoisotopic (exact) mass is 233 g/mol. The number of ether oxygens (including phenoxy) is 1. The second kappa shape index (κ2) is 3.96. The minimum Gasteiger partial charge on any atom is -0.382 e. The van der Waals surface area contributed by atoms with Crippen molar-refractivity contribution in [2.24, 2.45) is 0 Å². The summed E-state index contributed by atoms with van der Waals surface area (Å²) in [6.45, 7) is 2.62. The topological polar surface area (TPSA) is 78.8 Å². The SMILES string of the molecule is Cc1nc(N)c2ncn(C3CCCCO3)c2n1. The molecular weight excluding hydrogens is 218 g/mol. The van der Waals surface area contributed by atoms with Gasteiger partial charge in [-0.3, -0.25) is 4.57 Å². The van der Waals surface area contributed by atoms with Gasteiger partial charge >= 0.3 is 0 Å². The van der Waals surface area contributed by atoms with Crippen molar-refractivity contribution in [3.8, 4) is 0 Å². The Morgan fingerprint density at radius 1 is 1.41 bits per heavy atom. The largest absolute Gasteiger partial charge is 0.382 e. The van der Waals surface area contributed by atoms with Gasteiger partial charge in [0.2, 0.25) is 0 Å². The van der Waals surface area contributed by atoms with Crippen molar-refractivity contribution in [3.05, 3.63) is 12.2 Å². The highest BCUT2D eigenvalue weighted by Gasteiger charge is 2.19. The van der Waals surface area contributed by atoms with E-state index in [2.05, 4.69) is 15.0 Å². The number of imidazole rings is 1. The quantitative estimate of drug-likeness (QED) is 0.805. The van der Waals surface area contributed by atoms with Crippen LogP contribution in [0.4, 0.5) is 5.82 Å². The van der Waals surface area contributed by atoms with E-state index >= 15 is 0 Å². The van der Waals surface area contributed by atoms with Gasteiger partial charge in [0.15, 0.2) is 11.5 Å². The smallest absolute Gasteiger partial charge is 0.167 e. The molecule has 0 aliphatic carbocycles. The third-order valence-electron chi connectivity index (χ3n) is 3.03. The lowest BCUT2D eigenvalue weighted by Crippen LogP contribution is -2.18. The predicted octanol–water partition coefficient (Wildman–Crippen LogP) is 1.42. The first-order valence-corrected chi connectivity index (χ1v) is 5.84. The molecule has 90 valence electrons. The van der Waals surface area contributed by atoms with Crippen LogP contribution in [-0.2, 0) is 4.74 Å². The lowest BCUT2D eigenvalue weighted by molar-refractivity contribution is -0.0298. The lowest BCUT2D eigenvalue weighted by atomic mass is 10.2. The normalized spacial score (nSPS) is 20.9. The van der Waals surface area contributed by atoms with Crippen LogP contribution in [0.1, 0.15) is 31.3 Å². The second-order valence-corrected chi connectivity index (χ2v) is 4.30. The number of nitrogens with zero attached hydrogens (tertiary/aromatic N) is 4. The van der Waals surface area contributed by atoms with Crippen LogP contribution >= 0.6 is 0 Å². The molecule has 6 heteroatoms.